The van der Waals surface area contributed by atoms with Crippen LogP contribution in [0.25, 0.3) is 0 Å². The Kier molecular flexibility index (Phi) is 4.97. The van der Waals surface area contributed by atoms with Gasteiger partial charge in [-0.15, -0.1) is 0 Å². The van der Waals surface area contributed by atoms with Crippen LogP contribution in [0.4, 0.5) is 17.8 Å². The minimum absolute atomic E-state index is 0.269. The van der Waals surface area contributed by atoms with Gasteiger partial charge < -0.3 is 20.7 Å². The molecule has 2 saturated heterocycles. The summed E-state index contributed by atoms with van der Waals surface area (Å²) in [6.07, 6.45) is 3.91. The first-order valence-electron chi connectivity index (χ1n) is 7.51. The number of thioether (sulfide) groups is 1. The Labute approximate surface area is 129 Å². The minimum Gasteiger partial charge on any atom is -0.378 e. The van der Waals surface area contributed by atoms with Crippen LogP contribution in [-0.2, 0) is 4.74 Å². The minimum atomic E-state index is 0.269. The highest BCUT2D eigenvalue weighted by Crippen LogP contribution is 2.25. The van der Waals surface area contributed by atoms with E-state index in [0.717, 1.165) is 19.6 Å². The van der Waals surface area contributed by atoms with Crippen LogP contribution in [0.3, 0.4) is 0 Å². The maximum Gasteiger partial charge on any atom is 0.232 e. The molecule has 3 N–H and O–H groups in total. The molecule has 3 rings (SSSR count). The van der Waals surface area contributed by atoms with Crippen LogP contribution in [0.5, 0.6) is 0 Å². The van der Waals surface area contributed by atoms with Gasteiger partial charge in [-0.1, -0.05) is 6.42 Å². The Bertz CT molecular complexity index is 462. The SMILES string of the molecule is Nc1nc(NCC2CCCCS2)nc(N2CCOCC2)n1. The largest absolute Gasteiger partial charge is 0.378 e. The van der Waals surface area contributed by atoms with Gasteiger partial charge in [-0.05, 0) is 18.6 Å². The molecule has 0 bridgehead atoms. The van der Waals surface area contributed by atoms with E-state index >= 15 is 0 Å². The van der Waals surface area contributed by atoms with Crippen molar-refractivity contribution >= 4 is 29.6 Å². The lowest BCUT2D eigenvalue weighted by molar-refractivity contribution is 0.122. The fourth-order valence-corrected chi connectivity index (χ4v) is 3.78. The number of nitrogens with zero attached hydrogens (tertiary/aromatic N) is 4. The number of nitrogens with one attached hydrogen (secondary N) is 1. The molecule has 2 fully saturated rings. The third-order valence-electron chi connectivity index (χ3n) is 3.70. The Morgan fingerprint density at radius 2 is 2.10 bits per heavy atom. The summed E-state index contributed by atoms with van der Waals surface area (Å²) in [4.78, 5) is 15.0. The molecule has 0 spiro atoms. The van der Waals surface area contributed by atoms with E-state index in [1.807, 2.05) is 11.8 Å². The van der Waals surface area contributed by atoms with Crippen LogP contribution in [0, 0.1) is 0 Å². The van der Waals surface area contributed by atoms with E-state index in [1.54, 1.807) is 0 Å². The molecule has 8 heteroatoms. The average Bonchev–Trinajstić information content (AvgIpc) is 2.54. The highest BCUT2D eigenvalue weighted by atomic mass is 32.2. The molecule has 1 aromatic heterocycles. The summed E-state index contributed by atoms with van der Waals surface area (Å²) in [6, 6.07) is 0. The maximum atomic E-state index is 5.81. The van der Waals surface area contributed by atoms with Gasteiger partial charge in [0.05, 0.1) is 13.2 Å². The summed E-state index contributed by atoms with van der Waals surface area (Å²) in [5.41, 5.74) is 5.81. The van der Waals surface area contributed by atoms with Crippen molar-refractivity contribution in [3.8, 4) is 0 Å². The number of morpholine rings is 1. The van der Waals surface area contributed by atoms with Crippen LogP contribution in [0.1, 0.15) is 19.3 Å². The zero-order valence-electron chi connectivity index (χ0n) is 12.1. The van der Waals surface area contributed by atoms with Gasteiger partial charge >= 0.3 is 0 Å². The number of rotatable bonds is 4. The van der Waals surface area contributed by atoms with Crippen molar-refractivity contribution in [2.75, 3.05) is 54.6 Å². The highest BCUT2D eigenvalue weighted by Gasteiger charge is 2.17. The summed E-state index contributed by atoms with van der Waals surface area (Å²) < 4.78 is 5.35. The fourth-order valence-electron chi connectivity index (χ4n) is 2.54. The third kappa shape index (κ3) is 4.10. The topological polar surface area (TPSA) is 89.2 Å². The van der Waals surface area contributed by atoms with Gasteiger partial charge in [0.15, 0.2) is 0 Å². The maximum absolute atomic E-state index is 5.81. The van der Waals surface area contributed by atoms with Gasteiger partial charge in [0, 0.05) is 24.9 Å². The number of hydrogen-bond acceptors (Lipinski definition) is 8. The monoisotopic (exact) mass is 310 g/mol. The predicted molar refractivity (Wildman–Crippen MR) is 85.9 cm³/mol. The number of ether oxygens (including phenoxy) is 1. The first-order chi connectivity index (χ1) is 10.3. The first kappa shape index (κ1) is 14.6. The standard InChI is InChI=1S/C13H22N6OS/c14-11-16-12(15-9-10-3-1-2-8-21-10)18-13(17-11)19-4-6-20-7-5-19/h10H,1-9H2,(H3,14,15,16,17,18). The molecule has 1 atom stereocenters. The Morgan fingerprint density at radius 1 is 1.24 bits per heavy atom. The van der Waals surface area contributed by atoms with Gasteiger partial charge in [-0.25, -0.2) is 0 Å². The second-order valence-corrected chi connectivity index (χ2v) is 6.69. The molecule has 21 heavy (non-hydrogen) atoms. The Balaban J connectivity index is 1.62. The normalized spacial score (nSPS) is 23.0. The molecule has 3 heterocycles. The van der Waals surface area contributed by atoms with Crippen molar-refractivity contribution in [3.63, 3.8) is 0 Å². The van der Waals surface area contributed by atoms with E-state index in [-0.39, 0.29) is 5.95 Å². The van der Waals surface area contributed by atoms with E-state index < -0.39 is 0 Å². The second kappa shape index (κ2) is 7.13. The van der Waals surface area contributed by atoms with Crippen molar-refractivity contribution in [2.45, 2.75) is 24.5 Å². The number of hydrogen-bond donors (Lipinski definition) is 2. The second-order valence-electron chi connectivity index (χ2n) is 5.29. The molecule has 2 aliphatic heterocycles. The average molecular weight is 310 g/mol. The highest BCUT2D eigenvalue weighted by molar-refractivity contribution is 7.99. The zero-order valence-corrected chi connectivity index (χ0v) is 12.9. The summed E-state index contributed by atoms with van der Waals surface area (Å²) in [5.74, 6) is 2.75. The number of anilines is 3. The summed E-state index contributed by atoms with van der Waals surface area (Å²) in [5, 5.41) is 3.96. The third-order valence-corrected chi connectivity index (χ3v) is 5.09. The van der Waals surface area contributed by atoms with E-state index in [0.29, 0.717) is 30.4 Å². The molecule has 1 unspecified atom stereocenters. The van der Waals surface area contributed by atoms with E-state index in [2.05, 4.69) is 25.2 Å². The molecule has 0 radical (unpaired) electrons. The van der Waals surface area contributed by atoms with Crippen molar-refractivity contribution in [1.29, 1.82) is 0 Å². The summed E-state index contributed by atoms with van der Waals surface area (Å²) >= 11 is 2.03. The van der Waals surface area contributed by atoms with Crippen LogP contribution >= 0.6 is 11.8 Å². The molecule has 2 aliphatic rings. The Morgan fingerprint density at radius 3 is 2.86 bits per heavy atom. The summed E-state index contributed by atoms with van der Waals surface area (Å²) in [7, 11) is 0. The van der Waals surface area contributed by atoms with Crippen molar-refractivity contribution in [2.24, 2.45) is 0 Å². The molecule has 0 aromatic carbocycles. The van der Waals surface area contributed by atoms with Gasteiger partial charge in [0.25, 0.3) is 0 Å². The first-order valence-corrected chi connectivity index (χ1v) is 8.56. The lowest BCUT2D eigenvalue weighted by Crippen LogP contribution is -2.37. The van der Waals surface area contributed by atoms with Gasteiger partial charge in [0.1, 0.15) is 0 Å². The van der Waals surface area contributed by atoms with Crippen LogP contribution < -0.4 is 16.0 Å². The van der Waals surface area contributed by atoms with Crippen LogP contribution in [-0.4, -0.2) is 58.8 Å². The Hall–Kier alpha value is -1.28. The quantitative estimate of drug-likeness (QED) is 0.851. The smallest absolute Gasteiger partial charge is 0.232 e. The molecular weight excluding hydrogens is 288 g/mol. The molecule has 7 nitrogen and oxygen atoms in total. The van der Waals surface area contributed by atoms with Crippen molar-refractivity contribution < 1.29 is 4.74 Å². The predicted octanol–water partition coefficient (Wildman–Crippen LogP) is 0.988. The zero-order chi connectivity index (χ0) is 14.5. The molecule has 1 aromatic rings. The molecule has 0 amide bonds. The lowest BCUT2D eigenvalue weighted by atomic mass is 10.2. The number of nitrogen functional groups attached to an aromatic ring is 1. The van der Waals surface area contributed by atoms with Gasteiger partial charge in [-0.3, -0.25) is 0 Å². The van der Waals surface area contributed by atoms with E-state index in [1.165, 1.54) is 25.0 Å². The lowest BCUT2D eigenvalue weighted by Gasteiger charge is -2.27. The van der Waals surface area contributed by atoms with Crippen LogP contribution in [0.2, 0.25) is 0 Å². The number of nitrogens with two attached hydrogens (primary N) is 1. The van der Waals surface area contributed by atoms with Crippen molar-refractivity contribution in [1.82, 2.24) is 15.0 Å². The van der Waals surface area contributed by atoms with E-state index in [4.69, 9.17) is 10.5 Å². The van der Waals surface area contributed by atoms with Gasteiger partial charge in [-0.2, -0.15) is 26.7 Å². The number of aromatic nitrogens is 3. The van der Waals surface area contributed by atoms with Crippen molar-refractivity contribution in [3.05, 3.63) is 0 Å². The summed E-state index contributed by atoms with van der Waals surface area (Å²) in [6.45, 7) is 3.87. The molecule has 116 valence electrons. The van der Waals surface area contributed by atoms with Crippen LogP contribution in [0.15, 0.2) is 0 Å². The fraction of sp³-hybridized carbons (Fsp3) is 0.769. The van der Waals surface area contributed by atoms with Gasteiger partial charge in [0.2, 0.25) is 17.8 Å². The molecule has 0 aliphatic carbocycles. The van der Waals surface area contributed by atoms with E-state index in [9.17, 15) is 0 Å². The molecular formula is C13H22N6OS. The molecule has 0 saturated carbocycles.